The predicted molar refractivity (Wildman–Crippen MR) is 102 cm³/mol. The van der Waals surface area contributed by atoms with Gasteiger partial charge in [-0.1, -0.05) is 6.07 Å². The van der Waals surface area contributed by atoms with Crippen molar-refractivity contribution in [2.45, 2.75) is 65.2 Å². The highest BCUT2D eigenvalue weighted by molar-refractivity contribution is 14.1. The molecule has 0 aliphatic carbocycles. The molecule has 0 aromatic heterocycles. The van der Waals surface area contributed by atoms with E-state index in [2.05, 4.69) is 5.32 Å². The van der Waals surface area contributed by atoms with Crippen LogP contribution in [0.5, 0.6) is 0 Å². The molecule has 25 heavy (non-hydrogen) atoms. The standard InChI is InChI=1S/C18H25FINO4/c1-17(2,3)24-15(22)14(21-16(23)25-18(4,5)6)10-11-7-8-13(20)12(19)9-11/h7-9,14H,10H2,1-6H3,(H,21,23)/t14-/m0/s1. The first-order valence-corrected chi connectivity index (χ1v) is 9.01. The molecular weight excluding hydrogens is 440 g/mol. The van der Waals surface area contributed by atoms with Crippen molar-refractivity contribution in [3.63, 3.8) is 0 Å². The minimum Gasteiger partial charge on any atom is -0.458 e. The molecule has 0 unspecified atom stereocenters. The van der Waals surface area contributed by atoms with Crippen molar-refractivity contribution >= 4 is 34.7 Å². The van der Waals surface area contributed by atoms with E-state index in [-0.39, 0.29) is 12.2 Å². The SMILES string of the molecule is CC(C)(C)OC(=O)N[C@@H](Cc1ccc(I)c(F)c1)C(=O)OC(C)(C)C. The molecule has 7 heteroatoms. The molecule has 0 aliphatic rings. The van der Waals surface area contributed by atoms with E-state index in [0.717, 1.165) is 0 Å². The second kappa shape index (κ2) is 8.33. The lowest BCUT2D eigenvalue weighted by atomic mass is 10.1. The molecule has 1 rings (SSSR count). The summed E-state index contributed by atoms with van der Waals surface area (Å²) in [5.41, 5.74) is -0.829. The van der Waals surface area contributed by atoms with Gasteiger partial charge in [-0.3, -0.25) is 0 Å². The number of hydrogen-bond donors (Lipinski definition) is 1. The summed E-state index contributed by atoms with van der Waals surface area (Å²) in [6.07, 6.45) is -0.628. The Hall–Kier alpha value is -1.38. The maximum Gasteiger partial charge on any atom is 0.408 e. The average molecular weight is 465 g/mol. The van der Waals surface area contributed by atoms with E-state index >= 15 is 0 Å². The molecule has 1 aromatic carbocycles. The Balaban J connectivity index is 2.95. The van der Waals surface area contributed by atoms with Crippen molar-refractivity contribution in [2.75, 3.05) is 0 Å². The van der Waals surface area contributed by atoms with Crippen LogP contribution in [0.25, 0.3) is 0 Å². The van der Waals surface area contributed by atoms with Crippen LogP contribution in [0.3, 0.4) is 0 Å². The van der Waals surface area contributed by atoms with Crippen LogP contribution in [0.1, 0.15) is 47.1 Å². The molecule has 1 atom stereocenters. The van der Waals surface area contributed by atoms with Gasteiger partial charge >= 0.3 is 12.1 Å². The molecule has 0 aliphatic heterocycles. The number of alkyl carbamates (subject to hydrolysis) is 1. The second-order valence-electron chi connectivity index (χ2n) is 7.68. The van der Waals surface area contributed by atoms with Gasteiger partial charge in [0.15, 0.2) is 0 Å². The van der Waals surface area contributed by atoms with Crippen molar-refractivity contribution < 1.29 is 23.5 Å². The van der Waals surface area contributed by atoms with Gasteiger partial charge in [-0.15, -0.1) is 0 Å². The topological polar surface area (TPSA) is 64.6 Å². The van der Waals surface area contributed by atoms with Gasteiger partial charge in [-0.05, 0) is 81.8 Å². The normalized spacial score (nSPS) is 13.1. The molecule has 0 fully saturated rings. The van der Waals surface area contributed by atoms with E-state index in [9.17, 15) is 14.0 Å². The lowest BCUT2D eigenvalue weighted by Crippen LogP contribution is -2.47. The average Bonchev–Trinajstić information content (AvgIpc) is 2.38. The van der Waals surface area contributed by atoms with E-state index in [1.54, 1.807) is 53.7 Å². The molecule has 0 heterocycles. The summed E-state index contributed by atoms with van der Waals surface area (Å²) >= 11 is 1.88. The number of benzene rings is 1. The van der Waals surface area contributed by atoms with Crippen molar-refractivity contribution in [2.24, 2.45) is 0 Å². The first-order chi connectivity index (χ1) is 11.3. The summed E-state index contributed by atoms with van der Waals surface area (Å²) in [6, 6.07) is 3.69. The van der Waals surface area contributed by atoms with Crippen LogP contribution >= 0.6 is 22.6 Å². The maximum absolute atomic E-state index is 13.8. The van der Waals surface area contributed by atoms with E-state index in [0.29, 0.717) is 9.13 Å². The summed E-state index contributed by atoms with van der Waals surface area (Å²) in [5, 5.41) is 2.52. The van der Waals surface area contributed by atoms with E-state index in [1.165, 1.54) is 6.07 Å². The van der Waals surface area contributed by atoms with Crippen LogP contribution in [0.2, 0.25) is 0 Å². The second-order valence-corrected chi connectivity index (χ2v) is 8.85. The molecule has 0 spiro atoms. The summed E-state index contributed by atoms with van der Waals surface area (Å²) in [4.78, 5) is 24.5. The van der Waals surface area contributed by atoms with Crippen LogP contribution in [-0.4, -0.2) is 29.3 Å². The lowest BCUT2D eigenvalue weighted by molar-refractivity contribution is -0.157. The first kappa shape index (κ1) is 21.7. The van der Waals surface area contributed by atoms with E-state index in [4.69, 9.17) is 9.47 Å². The fourth-order valence-electron chi connectivity index (χ4n) is 1.92. The van der Waals surface area contributed by atoms with Crippen LogP contribution in [-0.2, 0) is 20.7 Å². The Kier molecular flexibility index (Phi) is 7.22. The molecular formula is C18H25FINO4. The lowest BCUT2D eigenvalue weighted by Gasteiger charge is -2.26. The Morgan fingerprint density at radius 1 is 1.12 bits per heavy atom. The Morgan fingerprint density at radius 3 is 2.16 bits per heavy atom. The van der Waals surface area contributed by atoms with Crippen molar-refractivity contribution in [1.29, 1.82) is 0 Å². The highest BCUT2D eigenvalue weighted by Gasteiger charge is 2.29. The van der Waals surface area contributed by atoms with Gasteiger partial charge in [-0.25, -0.2) is 14.0 Å². The smallest absolute Gasteiger partial charge is 0.408 e. The summed E-state index contributed by atoms with van der Waals surface area (Å²) in [6.45, 7) is 10.4. The van der Waals surface area contributed by atoms with Crippen molar-refractivity contribution in [3.8, 4) is 0 Å². The van der Waals surface area contributed by atoms with Gasteiger partial charge in [0.1, 0.15) is 23.1 Å². The highest BCUT2D eigenvalue weighted by atomic mass is 127. The third kappa shape index (κ3) is 8.51. The zero-order chi connectivity index (χ0) is 19.4. The molecule has 0 bridgehead atoms. The van der Waals surface area contributed by atoms with Crippen LogP contribution in [0.4, 0.5) is 9.18 Å². The van der Waals surface area contributed by atoms with Gasteiger partial charge in [-0.2, -0.15) is 0 Å². The van der Waals surface area contributed by atoms with Gasteiger partial charge in [0.2, 0.25) is 0 Å². The number of carbonyl (C=O) groups is 2. The van der Waals surface area contributed by atoms with Gasteiger partial charge in [0.05, 0.1) is 0 Å². The minimum absolute atomic E-state index is 0.0992. The van der Waals surface area contributed by atoms with E-state index < -0.39 is 29.3 Å². The summed E-state index contributed by atoms with van der Waals surface area (Å²) < 4.78 is 24.8. The molecule has 1 aromatic rings. The summed E-state index contributed by atoms with van der Waals surface area (Å²) in [7, 11) is 0. The van der Waals surface area contributed by atoms with Gasteiger partial charge in [0, 0.05) is 9.99 Å². The third-order valence-corrected chi connectivity index (χ3v) is 3.68. The van der Waals surface area contributed by atoms with Crippen LogP contribution in [0.15, 0.2) is 18.2 Å². The molecule has 140 valence electrons. The number of amides is 1. The third-order valence-electron chi connectivity index (χ3n) is 2.81. The number of rotatable bonds is 4. The first-order valence-electron chi connectivity index (χ1n) is 7.93. The highest BCUT2D eigenvalue weighted by Crippen LogP contribution is 2.16. The maximum atomic E-state index is 13.8. The molecule has 0 saturated carbocycles. The Labute approximate surface area is 161 Å². The molecule has 5 nitrogen and oxygen atoms in total. The molecule has 1 N–H and O–H groups in total. The Morgan fingerprint density at radius 2 is 1.68 bits per heavy atom. The monoisotopic (exact) mass is 465 g/mol. The van der Waals surface area contributed by atoms with Gasteiger partial charge < -0.3 is 14.8 Å². The fraction of sp³-hybridized carbons (Fsp3) is 0.556. The number of hydrogen-bond acceptors (Lipinski definition) is 4. The van der Waals surface area contributed by atoms with Crippen LogP contribution in [0, 0.1) is 9.39 Å². The van der Waals surface area contributed by atoms with Crippen molar-refractivity contribution in [1.82, 2.24) is 5.32 Å². The quantitative estimate of drug-likeness (QED) is 0.535. The van der Waals surface area contributed by atoms with E-state index in [1.807, 2.05) is 22.6 Å². The number of nitrogens with one attached hydrogen (secondary N) is 1. The summed E-state index contributed by atoms with van der Waals surface area (Å²) in [5.74, 6) is -0.976. The molecule has 1 amide bonds. The number of esters is 1. The molecule has 0 radical (unpaired) electrons. The number of ether oxygens (including phenoxy) is 2. The minimum atomic E-state index is -0.978. The zero-order valence-electron chi connectivity index (χ0n) is 15.4. The van der Waals surface area contributed by atoms with Gasteiger partial charge in [0.25, 0.3) is 0 Å². The fourth-order valence-corrected chi connectivity index (χ4v) is 2.25. The number of halogens is 2. The predicted octanol–water partition coefficient (Wildman–Crippen LogP) is 4.21. The van der Waals surface area contributed by atoms with Crippen molar-refractivity contribution in [3.05, 3.63) is 33.1 Å². The van der Waals surface area contributed by atoms with Crippen LogP contribution < -0.4 is 5.32 Å². The number of carbonyl (C=O) groups excluding carboxylic acids is 2. The Bertz CT molecular complexity index is 635. The largest absolute Gasteiger partial charge is 0.458 e. The zero-order valence-corrected chi connectivity index (χ0v) is 17.6. The molecule has 0 saturated heterocycles.